The summed E-state index contributed by atoms with van der Waals surface area (Å²) in [6, 6.07) is 10.2. The second-order valence-electron chi connectivity index (χ2n) is 4.57. The van der Waals surface area contributed by atoms with Crippen LogP contribution in [0.4, 0.5) is 5.69 Å². The van der Waals surface area contributed by atoms with E-state index in [1.54, 1.807) is 0 Å². The Morgan fingerprint density at radius 2 is 1.95 bits per heavy atom. The van der Waals surface area contributed by atoms with Crippen LogP contribution < -0.4 is 10.6 Å². The van der Waals surface area contributed by atoms with Gasteiger partial charge in [0.25, 0.3) is 0 Å². The quantitative estimate of drug-likeness (QED) is 0.844. The first kappa shape index (κ1) is 13.5. The van der Waals surface area contributed by atoms with Crippen molar-refractivity contribution in [3.05, 3.63) is 47.3 Å². The van der Waals surface area contributed by atoms with Crippen LogP contribution in [0.3, 0.4) is 0 Å². The van der Waals surface area contributed by atoms with E-state index in [0.717, 1.165) is 17.1 Å². The minimum Gasteiger partial charge on any atom is -0.357 e. The van der Waals surface area contributed by atoms with Crippen molar-refractivity contribution in [2.24, 2.45) is 7.05 Å². The van der Waals surface area contributed by atoms with E-state index in [9.17, 15) is 0 Å². The molecule has 4 nitrogen and oxygen atoms in total. The molecule has 1 aromatic heterocycles. The number of benzene rings is 1. The summed E-state index contributed by atoms with van der Waals surface area (Å²) in [4.78, 5) is 0. The van der Waals surface area contributed by atoms with Gasteiger partial charge in [0.05, 0.1) is 17.9 Å². The van der Waals surface area contributed by atoms with Gasteiger partial charge in [-0.05, 0) is 44.3 Å². The van der Waals surface area contributed by atoms with Crippen LogP contribution in [0.5, 0.6) is 0 Å². The summed E-state index contributed by atoms with van der Waals surface area (Å²) < 4.78 is 1.86. The molecule has 1 aromatic carbocycles. The summed E-state index contributed by atoms with van der Waals surface area (Å²) >= 11 is 5.27. The normalized spacial score (nSPS) is 10.3. The maximum atomic E-state index is 5.27. The summed E-state index contributed by atoms with van der Waals surface area (Å²) in [5, 5.41) is 11.2. The van der Waals surface area contributed by atoms with E-state index in [2.05, 4.69) is 34.8 Å². The van der Waals surface area contributed by atoms with E-state index in [4.69, 9.17) is 12.2 Å². The van der Waals surface area contributed by atoms with Gasteiger partial charge >= 0.3 is 0 Å². The molecular formula is C14H18N4S. The van der Waals surface area contributed by atoms with Crippen molar-refractivity contribution in [3.8, 4) is 0 Å². The third-order valence-electron chi connectivity index (χ3n) is 2.84. The molecule has 2 rings (SSSR count). The third-order valence-corrected chi connectivity index (χ3v) is 3.08. The second kappa shape index (κ2) is 5.84. The van der Waals surface area contributed by atoms with Gasteiger partial charge < -0.3 is 10.6 Å². The van der Waals surface area contributed by atoms with Gasteiger partial charge in [-0.15, -0.1) is 0 Å². The number of rotatable bonds is 3. The number of hydrogen-bond acceptors (Lipinski definition) is 2. The van der Waals surface area contributed by atoms with Gasteiger partial charge in [-0.3, -0.25) is 4.68 Å². The van der Waals surface area contributed by atoms with Gasteiger partial charge in [0.1, 0.15) is 0 Å². The van der Waals surface area contributed by atoms with E-state index in [-0.39, 0.29) is 0 Å². The lowest BCUT2D eigenvalue weighted by atomic mass is 10.2. The summed E-state index contributed by atoms with van der Waals surface area (Å²) in [5.74, 6) is 0. The van der Waals surface area contributed by atoms with Crippen molar-refractivity contribution < 1.29 is 0 Å². The molecule has 0 radical (unpaired) electrons. The average molecular weight is 274 g/mol. The largest absolute Gasteiger partial charge is 0.357 e. The van der Waals surface area contributed by atoms with Crippen molar-refractivity contribution in [2.75, 3.05) is 5.32 Å². The second-order valence-corrected chi connectivity index (χ2v) is 4.98. The van der Waals surface area contributed by atoms with Gasteiger partial charge in [0.2, 0.25) is 0 Å². The summed E-state index contributed by atoms with van der Waals surface area (Å²) in [7, 11) is 1.93. The number of aromatic nitrogens is 2. The Morgan fingerprint density at radius 3 is 2.53 bits per heavy atom. The topological polar surface area (TPSA) is 41.9 Å². The summed E-state index contributed by atoms with van der Waals surface area (Å²) in [6.45, 7) is 4.70. The number of anilines is 1. The predicted octanol–water partition coefficient (Wildman–Crippen LogP) is 2.52. The van der Waals surface area contributed by atoms with Gasteiger partial charge in [-0.2, -0.15) is 5.10 Å². The fourth-order valence-corrected chi connectivity index (χ4v) is 2.00. The highest BCUT2D eigenvalue weighted by Gasteiger charge is 2.03. The highest BCUT2D eigenvalue weighted by molar-refractivity contribution is 7.80. The van der Waals surface area contributed by atoms with Crippen LogP contribution in [0.25, 0.3) is 0 Å². The van der Waals surface area contributed by atoms with Gasteiger partial charge in [0, 0.05) is 12.7 Å². The molecule has 0 saturated heterocycles. The fourth-order valence-electron chi connectivity index (χ4n) is 1.81. The van der Waals surface area contributed by atoms with Crippen LogP contribution in [0.2, 0.25) is 0 Å². The molecule has 0 aliphatic rings. The molecule has 2 aromatic rings. The Kier molecular flexibility index (Phi) is 4.16. The van der Waals surface area contributed by atoms with Crippen molar-refractivity contribution in [1.82, 2.24) is 15.1 Å². The SMILES string of the molecule is Cc1ccc(NC(=S)NCc2cc(C)nn2C)cc1. The smallest absolute Gasteiger partial charge is 0.171 e. The predicted molar refractivity (Wildman–Crippen MR) is 82.2 cm³/mol. The van der Waals surface area contributed by atoms with E-state index in [1.165, 1.54) is 5.56 Å². The van der Waals surface area contributed by atoms with Crippen molar-refractivity contribution >= 4 is 23.0 Å². The molecule has 100 valence electrons. The van der Waals surface area contributed by atoms with Gasteiger partial charge in [-0.1, -0.05) is 17.7 Å². The number of aryl methyl sites for hydroxylation is 3. The van der Waals surface area contributed by atoms with Crippen molar-refractivity contribution in [1.29, 1.82) is 0 Å². The van der Waals surface area contributed by atoms with Crippen LogP contribution in [-0.2, 0) is 13.6 Å². The van der Waals surface area contributed by atoms with Crippen LogP contribution in [0, 0.1) is 13.8 Å². The monoisotopic (exact) mass is 274 g/mol. The highest BCUT2D eigenvalue weighted by Crippen LogP contribution is 2.08. The van der Waals surface area contributed by atoms with Crippen molar-refractivity contribution in [3.63, 3.8) is 0 Å². The number of nitrogens with one attached hydrogen (secondary N) is 2. The standard InChI is InChI=1S/C14H18N4S/c1-10-4-6-12(7-5-10)16-14(19)15-9-13-8-11(2)17-18(13)3/h4-8H,9H2,1-3H3,(H2,15,16,19). The first-order valence-corrected chi connectivity index (χ1v) is 6.56. The molecule has 19 heavy (non-hydrogen) atoms. The van der Waals surface area contributed by atoms with Gasteiger partial charge in [-0.25, -0.2) is 0 Å². The number of thiocarbonyl (C=S) groups is 1. The van der Waals surface area contributed by atoms with E-state index in [0.29, 0.717) is 11.7 Å². The number of hydrogen-bond donors (Lipinski definition) is 2. The van der Waals surface area contributed by atoms with Gasteiger partial charge in [0.15, 0.2) is 5.11 Å². The highest BCUT2D eigenvalue weighted by atomic mass is 32.1. The lowest BCUT2D eigenvalue weighted by molar-refractivity contribution is 0.689. The fraction of sp³-hybridized carbons (Fsp3) is 0.286. The Balaban J connectivity index is 1.88. The zero-order valence-corrected chi connectivity index (χ0v) is 12.2. The first-order chi connectivity index (χ1) is 9.04. The van der Waals surface area contributed by atoms with E-state index in [1.807, 2.05) is 36.9 Å². The van der Waals surface area contributed by atoms with E-state index >= 15 is 0 Å². The molecule has 0 atom stereocenters. The molecule has 0 fully saturated rings. The molecule has 1 heterocycles. The maximum absolute atomic E-state index is 5.27. The van der Waals surface area contributed by atoms with Crippen LogP contribution in [0.15, 0.2) is 30.3 Å². The minimum absolute atomic E-state index is 0.614. The molecule has 0 aliphatic heterocycles. The molecule has 0 amide bonds. The van der Waals surface area contributed by atoms with Crippen LogP contribution >= 0.6 is 12.2 Å². The molecule has 0 saturated carbocycles. The number of nitrogens with zero attached hydrogens (tertiary/aromatic N) is 2. The zero-order valence-electron chi connectivity index (χ0n) is 11.4. The van der Waals surface area contributed by atoms with E-state index < -0.39 is 0 Å². The first-order valence-electron chi connectivity index (χ1n) is 6.15. The Hall–Kier alpha value is -1.88. The molecule has 0 aliphatic carbocycles. The Bertz CT molecular complexity index is 572. The van der Waals surface area contributed by atoms with Crippen LogP contribution in [-0.4, -0.2) is 14.9 Å². The molecule has 0 spiro atoms. The van der Waals surface area contributed by atoms with Crippen molar-refractivity contribution in [2.45, 2.75) is 20.4 Å². The lowest BCUT2D eigenvalue weighted by Crippen LogP contribution is -2.28. The summed E-state index contributed by atoms with van der Waals surface area (Å²) in [5.41, 5.74) is 4.33. The summed E-state index contributed by atoms with van der Waals surface area (Å²) in [6.07, 6.45) is 0. The average Bonchev–Trinajstić information content (AvgIpc) is 2.68. The zero-order chi connectivity index (χ0) is 13.8. The molecule has 5 heteroatoms. The maximum Gasteiger partial charge on any atom is 0.171 e. The third kappa shape index (κ3) is 3.79. The minimum atomic E-state index is 0.614. The Morgan fingerprint density at radius 1 is 1.26 bits per heavy atom. The Labute approximate surface area is 118 Å². The molecule has 0 unspecified atom stereocenters. The molecule has 2 N–H and O–H groups in total. The molecular weight excluding hydrogens is 256 g/mol. The molecule has 0 bridgehead atoms. The van der Waals surface area contributed by atoms with Crippen LogP contribution in [0.1, 0.15) is 17.0 Å². The lowest BCUT2D eigenvalue weighted by Gasteiger charge is -2.10.